The first-order valence-electron chi connectivity index (χ1n) is 8.31. The van der Waals surface area contributed by atoms with Crippen molar-refractivity contribution < 1.29 is 9.59 Å². The number of amides is 2. The maximum atomic E-state index is 12.3. The van der Waals surface area contributed by atoms with Gasteiger partial charge in [0, 0.05) is 22.2 Å². The zero-order chi connectivity index (χ0) is 19.2. The van der Waals surface area contributed by atoms with Gasteiger partial charge in [0.1, 0.15) is 0 Å². The number of hydrogen-bond acceptors (Lipinski definition) is 6. The molecule has 8 heteroatoms. The summed E-state index contributed by atoms with van der Waals surface area (Å²) in [4.78, 5) is 28.2. The van der Waals surface area contributed by atoms with Gasteiger partial charge in [-0.05, 0) is 18.4 Å². The number of carbonyl (C=O) groups is 2. The summed E-state index contributed by atoms with van der Waals surface area (Å²) in [6, 6.07) is 13.6. The molecule has 0 bridgehead atoms. The average molecular weight is 381 g/mol. The quantitative estimate of drug-likeness (QED) is 0.450. The Bertz CT molecular complexity index is 1010. The van der Waals surface area contributed by atoms with Crippen molar-refractivity contribution in [1.29, 1.82) is 0 Å². The Balaban J connectivity index is 1.55. The molecule has 0 aliphatic heterocycles. The van der Waals surface area contributed by atoms with Gasteiger partial charge < -0.3 is 11.1 Å². The monoisotopic (exact) mass is 381 g/mol. The molecule has 27 heavy (non-hydrogen) atoms. The molecular weight excluding hydrogens is 362 g/mol. The number of hydrazone groups is 1. The van der Waals surface area contributed by atoms with Gasteiger partial charge in [-0.15, -0.1) is 11.3 Å². The molecule has 0 saturated carbocycles. The summed E-state index contributed by atoms with van der Waals surface area (Å²) in [6.45, 7) is 1.68. The van der Waals surface area contributed by atoms with Gasteiger partial charge in [0.25, 0.3) is 0 Å². The molecule has 2 amide bonds. The third-order valence-electron chi connectivity index (χ3n) is 3.76. The first-order chi connectivity index (χ1) is 13.0. The minimum absolute atomic E-state index is 0.0765. The number of hydrogen-bond donors (Lipinski definition) is 3. The third kappa shape index (κ3) is 5.11. The van der Waals surface area contributed by atoms with Crippen molar-refractivity contribution in [2.45, 2.75) is 19.8 Å². The number of nitrogen functional groups attached to an aromatic ring is 1. The molecule has 0 radical (unpaired) electrons. The molecule has 2 aromatic carbocycles. The summed E-state index contributed by atoms with van der Waals surface area (Å²) in [5, 5.41) is 11.0. The van der Waals surface area contributed by atoms with E-state index in [0.29, 0.717) is 16.5 Å². The molecule has 0 aliphatic rings. The second-order valence-corrected chi connectivity index (χ2v) is 6.88. The first kappa shape index (κ1) is 18.5. The van der Waals surface area contributed by atoms with Crippen LogP contribution in [0, 0.1) is 0 Å². The number of nitrogens with one attached hydrogen (secondary N) is 2. The van der Waals surface area contributed by atoms with Crippen molar-refractivity contribution in [2.24, 2.45) is 5.10 Å². The van der Waals surface area contributed by atoms with Gasteiger partial charge >= 0.3 is 0 Å². The maximum Gasteiger partial charge on any atom is 0.246 e. The zero-order valence-corrected chi connectivity index (χ0v) is 15.5. The molecule has 0 saturated heterocycles. The number of benzene rings is 2. The maximum absolute atomic E-state index is 12.3. The van der Waals surface area contributed by atoms with E-state index in [1.54, 1.807) is 12.3 Å². The molecule has 0 aliphatic carbocycles. The van der Waals surface area contributed by atoms with E-state index in [2.05, 4.69) is 20.8 Å². The van der Waals surface area contributed by atoms with E-state index in [9.17, 15) is 9.59 Å². The Hall–Kier alpha value is -3.26. The number of carbonyl (C=O) groups excluding carboxylic acids is 2. The molecule has 0 atom stereocenters. The fourth-order valence-corrected chi connectivity index (χ4v) is 3.13. The van der Waals surface area contributed by atoms with Gasteiger partial charge in [0.05, 0.1) is 18.5 Å². The van der Waals surface area contributed by atoms with Crippen molar-refractivity contribution in [2.75, 3.05) is 11.1 Å². The van der Waals surface area contributed by atoms with Crippen LogP contribution in [0.1, 0.15) is 19.0 Å². The molecule has 1 heterocycles. The van der Waals surface area contributed by atoms with Crippen molar-refractivity contribution in [3.8, 4) is 0 Å². The standard InChI is InChI=1S/C19H19N5O2S/c1-12(23-24-18(26)10-14-11-27-19(20)21-14)9-17(25)22-16-8-4-6-13-5-2-3-7-15(13)16/h2-8,11H,9-10H2,1H3,(H2,20,21)(H,22,25)(H,24,26)/b23-12-. The Labute approximate surface area is 160 Å². The molecule has 0 spiro atoms. The fraction of sp³-hybridized carbons (Fsp3) is 0.158. The summed E-state index contributed by atoms with van der Waals surface area (Å²) in [6.07, 6.45) is 0.166. The number of nitrogens with zero attached hydrogens (tertiary/aromatic N) is 2. The first-order valence-corrected chi connectivity index (χ1v) is 9.19. The van der Waals surface area contributed by atoms with Crippen LogP contribution >= 0.6 is 11.3 Å². The number of rotatable bonds is 6. The Morgan fingerprint density at radius 3 is 2.70 bits per heavy atom. The summed E-state index contributed by atoms with van der Waals surface area (Å²) in [5.41, 5.74) is 9.80. The van der Waals surface area contributed by atoms with Crippen LogP contribution in [0.2, 0.25) is 0 Å². The fourth-order valence-electron chi connectivity index (χ4n) is 2.57. The van der Waals surface area contributed by atoms with Gasteiger partial charge in [-0.2, -0.15) is 5.10 Å². The van der Waals surface area contributed by atoms with Crippen molar-refractivity contribution >= 4 is 50.5 Å². The molecule has 3 rings (SSSR count). The van der Waals surface area contributed by atoms with E-state index in [1.807, 2.05) is 42.5 Å². The van der Waals surface area contributed by atoms with Crippen LogP contribution in [0.25, 0.3) is 10.8 Å². The predicted molar refractivity (Wildman–Crippen MR) is 109 cm³/mol. The average Bonchev–Trinajstić information content (AvgIpc) is 3.05. The Morgan fingerprint density at radius 2 is 1.93 bits per heavy atom. The lowest BCUT2D eigenvalue weighted by molar-refractivity contribution is -0.120. The molecule has 7 nitrogen and oxygen atoms in total. The largest absolute Gasteiger partial charge is 0.375 e. The normalized spacial score (nSPS) is 11.4. The van der Waals surface area contributed by atoms with E-state index in [0.717, 1.165) is 16.5 Å². The Kier molecular flexibility index (Phi) is 5.77. The van der Waals surface area contributed by atoms with Crippen LogP contribution in [0.3, 0.4) is 0 Å². The highest BCUT2D eigenvalue weighted by Crippen LogP contribution is 2.23. The van der Waals surface area contributed by atoms with E-state index >= 15 is 0 Å². The lowest BCUT2D eigenvalue weighted by atomic mass is 10.1. The number of anilines is 2. The van der Waals surface area contributed by atoms with Crippen molar-refractivity contribution in [1.82, 2.24) is 10.4 Å². The third-order valence-corrected chi connectivity index (χ3v) is 4.49. The topological polar surface area (TPSA) is 109 Å². The van der Waals surface area contributed by atoms with Crippen LogP contribution in [0.15, 0.2) is 52.9 Å². The lowest BCUT2D eigenvalue weighted by Crippen LogP contribution is -2.23. The number of fused-ring (bicyclic) bond motifs is 1. The molecule has 0 unspecified atom stereocenters. The van der Waals surface area contributed by atoms with Crippen molar-refractivity contribution in [3.63, 3.8) is 0 Å². The van der Waals surface area contributed by atoms with Gasteiger partial charge in [-0.25, -0.2) is 10.4 Å². The van der Waals surface area contributed by atoms with Crippen LogP contribution in [-0.4, -0.2) is 22.5 Å². The molecule has 138 valence electrons. The van der Waals surface area contributed by atoms with Crippen LogP contribution in [0.5, 0.6) is 0 Å². The number of thiazole rings is 1. The van der Waals surface area contributed by atoms with Crippen LogP contribution in [0.4, 0.5) is 10.8 Å². The highest BCUT2D eigenvalue weighted by atomic mass is 32.1. The van der Waals surface area contributed by atoms with E-state index in [1.165, 1.54) is 11.3 Å². The second kappa shape index (κ2) is 8.41. The van der Waals surface area contributed by atoms with Gasteiger partial charge in [0.15, 0.2) is 5.13 Å². The summed E-state index contributed by atoms with van der Waals surface area (Å²) >= 11 is 1.28. The molecule has 1 aromatic heterocycles. The molecule has 4 N–H and O–H groups in total. The van der Waals surface area contributed by atoms with E-state index < -0.39 is 0 Å². The molecule has 0 fully saturated rings. The van der Waals surface area contributed by atoms with Crippen molar-refractivity contribution in [3.05, 3.63) is 53.5 Å². The number of nitrogens with two attached hydrogens (primary N) is 1. The SMILES string of the molecule is C/C(CC(=O)Nc1cccc2ccccc12)=N/NC(=O)Cc1csc(N)n1. The second-order valence-electron chi connectivity index (χ2n) is 5.99. The smallest absolute Gasteiger partial charge is 0.246 e. The summed E-state index contributed by atoms with van der Waals surface area (Å²) in [7, 11) is 0. The summed E-state index contributed by atoms with van der Waals surface area (Å²) < 4.78 is 0. The lowest BCUT2D eigenvalue weighted by Gasteiger charge is -2.08. The highest BCUT2D eigenvalue weighted by molar-refractivity contribution is 7.13. The summed E-state index contributed by atoms with van der Waals surface area (Å²) in [5.74, 6) is -0.511. The van der Waals surface area contributed by atoms with Crippen LogP contribution in [-0.2, 0) is 16.0 Å². The van der Waals surface area contributed by atoms with Crippen LogP contribution < -0.4 is 16.5 Å². The van der Waals surface area contributed by atoms with E-state index in [4.69, 9.17) is 5.73 Å². The van der Waals surface area contributed by atoms with Gasteiger partial charge in [0.2, 0.25) is 11.8 Å². The minimum Gasteiger partial charge on any atom is -0.375 e. The zero-order valence-electron chi connectivity index (χ0n) is 14.7. The minimum atomic E-state index is -0.311. The number of aromatic nitrogens is 1. The highest BCUT2D eigenvalue weighted by Gasteiger charge is 2.09. The van der Waals surface area contributed by atoms with Gasteiger partial charge in [-0.3, -0.25) is 9.59 Å². The molecule has 3 aromatic rings. The van der Waals surface area contributed by atoms with Gasteiger partial charge in [-0.1, -0.05) is 36.4 Å². The Morgan fingerprint density at radius 1 is 1.15 bits per heavy atom. The predicted octanol–water partition coefficient (Wildman–Crippen LogP) is 2.94. The molecular formula is C19H19N5O2S. The van der Waals surface area contributed by atoms with E-state index in [-0.39, 0.29) is 24.7 Å².